The third-order valence-corrected chi connectivity index (χ3v) is 5.63. The Balaban J connectivity index is 2.10. The first-order chi connectivity index (χ1) is 10.0. The molecule has 1 aliphatic carbocycles. The summed E-state index contributed by atoms with van der Waals surface area (Å²) in [5, 5.41) is 1.12. The van der Waals surface area contributed by atoms with Crippen LogP contribution in [0.15, 0.2) is 30.3 Å². The van der Waals surface area contributed by atoms with E-state index in [4.69, 9.17) is 0 Å². The monoisotopic (exact) mass is 292 g/mol. The van der Waals surface area contributed by atoms with Crippen LogP contribution in [-0.4, -0.2) is 5.78 Å². The second-order valence-corrected chi connectivity index (χ2v) is 7.05. The van der Waals surface area contributed by atoms with Crippen LogP contribution in [0.3, 0.4) is 0 Å². The van der Waals surface area contributed by atoms with Crippen molar-refractivity contribution in [1.29, 1.82) is 0 Å². The Morgan fingerprint density at radius 1 is 1.00 bits per heavy atom. The Kier molecular flexibility index (Phi) is 2.61. The Morgan fingerprint density at radius 2 is 1.76 bits per heavy atom. The number of benzene rings is 2. The highest BCUT2D eigenvalue weighted by Gasteiger charge is 2.27. The molecule has 0 amide bonds. The quantitative estimate of drug-likeness (QED) is 0.554. The van der Waals surface area contributed by atoms with Crippen molar-refractivity contribution >= 4 is 27.2 Å². The summed E-state index contributed by atoms with van der Waals surface area (Å²) in [4.78, 5) is 13.8. The maximum atomic E-state index is 12.6. The molecule has 1 aliphatic rings. The topological polar surface area (TPSA) is 17.1 Å². The molecular weight excluding hydrogens is 276 g/mol. The highest BCUT2D eigenvalue weighted by molar-refractivity contribution is 7.22. The molecule has 0 radical (unpaired) electrons. The molecule has 104 valence electrons. The van der Waals surface area contributed by atoms with Gasteiger partial charge in [-0.3, -0.25) is 4.79 Å². The summed E-state index contributed by atoms with van der Waals surface area (Å²) >= 11 is 1.75. The Bertz CT molecular complexity index is 915. The van der Waals surface area contributed by atoms with Crippen molar-refractivity contribution in [2.75, 3.05) is 0 Å². The fraction of sp³-hybridized carbons (Fsp3) is 0.211. The molecule has 0 saturated carbocycles. The molecule has 2 heteroatoms. The van der Waals surface area contributed by atoms with Crippen molar-refractivity contribution in [2.45, 2.75) is 27.2 Å². The second-order valence-electron chi connectivity index (χ2n) is 6.00. The van der Waals surface area contributed by atoms with Gasteiger partial charge in [-0.1, -0.05) is 24.3 Å². The molecule has 3 aromatic rings. The first kappa shape index (κ1) is 12.8. The third-order valence-electron chi connectivity index (χ3n) is 4.44. The summed E-state index contributed by atoms with van der Waals surface area (Å²) in [6.45, 7) is 6.36. The highest BCUT2D eigenvalue weighted by Crippen LogP contribution is 2.44. The van der Waals surface area contributed by atoms with Gasteiger partial charge in [0.25, 0.3) is 0 Å². The molecule has 0 fully saturated rings. The van der Waals surface area contributed by atoms with Crippen LogP contribution in [0.25, 0.3) is 20.5 Å². The fourth-order valence-corrected chi connectivity index (χ4v) is 4.54. The predicted molar refractivity (Wildman–Crippen MR) is 89.5 cm³/mol. The lowest BCUT2D eigenvalue weighted by Gasteiger charge is -2.17. The molecule has 1 aromatic heterocycles. The Morgan fingerprint density at radius 3 is 2.57 bits per heavy atom. The zero-order valence-corrected chi connectivity index (χ0v) is 13.2. The Labute approximate surface area is 128 Å². The molecule has 0 saturated heterocycles. The van der Waals surface area contributed by atoms with Gasteiger partial charge in [-0.25, -0.2) is 0 Å². The summed E-state index contributed by atoms with van der Waals surface area (Å²) in [5.41, 5.74) is 7.18. The SMILES string of the molecule is Cc1ccc2c3c(sc2c1)-c1cc(C)c(C)cc1CC3=O. The van der Waals surface area contributed by atoms with Crippen LogP contribution < -0.4 is 0 Å². The molecule has 0 bridgehead atoms. The second kappa shape index (κ2) is 4.28. The summed E-state index contributed by atoms with van der Waals surface area (Å²) in [6, 6.07) is 10.8. The average Bonchev–Trinajstić information content (AvgIpc) is 2.80. The number of aryl methyl sites for hydroxylation is 3. The normalized spacial score (nSPS) is 13.4. The molecule has 0 atom stereocenters. The van der Waals surface area contributed by atoms with E-state index in [-0.39, 0.29) is 5.78 Å². The lowest BCUT2D eigenvalue weighted by atomic mass is 9.86. The smallest absolute Gasteiger partial charge is 0.169 e. The van der Waals surface area contributed by atoms with Gasteiger partial charge in [-0.15, -0.1) is 11.3 Å². The van der Waals surface area contributed by atoms with E-state index in [1.165, 1.54) is 32.5 Å². The zero-order chi connectivity index (χ0) is 14.7. The van der Waals surface area contributed by atoms with Gasteiger partial charge >= 0.3 is 0 Å². The highest BCUT2D eigenvalue weighted by atomic mass is 32.1. The van der Waals surface area contributed by atoms with Gasteiger partial charge in [0, 0.05) is 26.9 Å². The minimum atomic E-state index is 0.260. The zero-order valence-electron chi connectivity index (χ0n) is 12.4. The molecule has 4 rings (SSSR count). The van der Waals surface area contributed by atoms with E-state index < -0.39 is 0 Å². The van der Waals surface area contributed by atoms with Crippen molar-refractivity contribution in [3.63, 3.8) is 0 Å². The van der Waals surface area contributed by atoms with Gasteiger partial charge in [-0.2, -0.15) is 0 Å². The molecule has 0 unspecified atom stereocenters. The van der Waals surface area contributed by atoms with Crippen LogP contribution in [0.4, 0.5) is 0 Å². The third kappa shape index (κ3) is 1.79. The molecule has 1 heterocycles. The summed E-state index contributed by atoms with van der Waals surface area (Å²) in [5.74, 6) is 0.260. The maximum absolute atomic E-state index is 12.6. The van der Waals surface area contributed by atoms with Gasteiger partial charge < -0.3 is 0 Å². The minimum absolute atomic E-state index is 0.260. The van der Waals surface area contributed by atoms with Gasteiger partial charge in [0.05, 0.1) is 0 Å². The van der Waals surface area contributed by atoms with E-state index in [1.807, 2.05) is 0 Å². The first-order valence-corrected chi connectivity index (χ1v) is 8.03. The van der Waals surface area contributed by atoms with Crippen molar-refractivity contribution in [3.05, 3.63) is 58.1 Å². The van der Waals surface area contributed by atoms with E-state index in [2.05, 4.69) is 51.1 Å². The van der Waals surface area contributed by atoms with E-state index in [0.29, 0.717) is 6.42 Å². The molecule has 2 aromatic carbocycles. The Hall–Kier alpha value is -1.93. The number of Topliss-reactive ketones (excluding diaryl/α,β-unsaturated/α-hetero) is 1. The summed E-state index contributed by atoms with van der Waals surface area (Å²) < 4.78 is 1.22. The van der Waals surface area contributed by atoms with Crippen LogP contribution in [0, 0.1) is 20.8 Å². The number of ketones is 1. The van der Waals surface area contributed by atoms with E-state index in [0.717, 1.165) is 15.8 Å². The number of carbonyl (C=O) groups is 1. The van der Waals surface area contributed by atoms with Crippen molar-refractivity contribution < 1.29 is 4.79 Å². The van der Waals surface area contributed by atoms with Crippen LogP contribution in [0.2, 0.25) is 0 Å². The van der Waals surface area contributed by atoms with E-state index in [9.17, 15) is 4.79 Å². The molecule has 1 nitrogen and oxygen atoms in total. The largest absolute Gasteiger partial charge is 0.294 e. The maximum Gasteiger partial charge on any atom is 0.169 e. The fourth-order valence-electron chi connectivity index (χ4n) is 3.17. The average molecular weight is 292 g/mol. The number of hydrogen-bond acceptors (Lipinski definition) is 2. The number of carbonyl (C=O) groups excluding carboxylic acids is 1. The first-order valence-electron chi connectivity index (χ1n) is 7.21. The number of fused-ring (bicyclic) bond motifs is 5. The van der Waals surface area contributed by atoms with E-state index >= 15 is 0 Å². The van der Waals surface area contributed by atoms with Gasteiger partial charge in [0.15, 0.2) is 5.78 Å². The van der Waals surface area contributed by atoms with Gasteiger partial charge in [0.1, 0.15) is 0 Å². The van der Waals surface area contributed by atoms with Crippen molar-refractivity contribution in [3.8, 4) is 10.4 Å². The van der Waals surface area contributed by atoms with E-state index in [1.54, 1.807) is 11.3 Å². The summed E-state index contributed by atoms with van der Waals surface area (Å²) in [7, 11) is 0. The molecule has 0 aliphatic heterocycles. The molecular formula is C19H16OS. The number of hydrogen-bond donors (Lipinski definition) is 0. The number of rotatable bonds is 0. The lowest BCUT2D eigenvalue weighted by molar-refractivity contribution is 0.0994. The van der Waals surface area contributed by atoms with Crippen LogP contribution in [0.5, 0.6) is 0 Å². The molecule has 0 N–H and O–H groups in total. The van der Waals surface area contributed by atoms with Crippen LogP contribution in [0.1, 0.15) is 32.6 Å². The number of thiophene rings is 1. The lowest BCUT2D eigenvalue weighted by Crippen LogP contribution is -2.11. The minimum Gasteiger partial charge on any atom is -0.294 e. The van der Waals surface area contributed by atoms with Crippen LogP contribution in [-0.2, 0) is 6.42 Å². The molecule has 0 spiro atoms. The van der Waals surface area contributed by atoms with Crippen LogP contribution >= 0.6 is 11.3 Å². The molecule has 21 heavy (non-hydrogen) atoms. The van der Waals surface area contributed by atoms with Crippen molar-refractivity contribution in [2.24, 2.45) is 0 Å². The standard InChI is InChI=1S/C19H16OS/c1-10-4-5-14-17(6-10)21-19-15-8-12(3)11(2)7-13(15)9-16(20)18(14)19/h4-8H,9H2,1-3H3. The van der Waals surface area contributed by atoms with Crippen molar-refractivity contribution in [1.82, 2.24) is 0 Å². The van der Waals surface area contributed by atoms with Gasteiger partial charge in [-0.05, 0) is 54.7 Å². The van der Waals surface area contributed by atoms with Gasteiger partial charge in [0.2, 0.25) is 0 Å². The predicted octanol–water partition coefficient (Wildman–Crippen LogP) is 5.23. The summed E-state index contributed by atoms with van der Waals surface area (Å²) in [6.07, 6.45) is 0.531.